The fourth-order valence-electron chi connectivity index (χ4n) is 1.45. The maximum absolute atomic E-state index is 2.23. The van der Waals surface area contributed by atoms with Crippen LogP contribution < -0.4 is 0 Å². The largest absolute Gasteiger partial charge is 0.0887 e. The molecule has 0 radical (unpaired) electrons. The fourth-order valence-corrected chi connectivity index (χ4v) is 1.45. The summed E-state index contributed by atoms with van der Waals surface area (Å²) >= 11 is 0. The quantitative estimate of drug-likeness (QED) is 0.471. The van der Waals surface area contributed by atoms with Gasteiger partial charge in [-0.25, -0.2) is 0 Å². The predicted octanol–water partition coefficient (Wildman–Crippen LogP) is 9.33. The van der Waals surface area contributed by atoms with Crippen molar-refractivity contribution >= 4 is 0 Å². The smallest absolute Gasteiger partial charge is 0.0305 e. The van der Waals surface area contributed by atoms with Gasteiger partial charge in [-0.3, -0.25) is 0 Å². The molecule has 0 aliphatic carbocycles. The second-order valence-electron chi connectivity index (χ2n) is 4.27. The standard InChI is InChI=1S/C10H14.C6H12.4C2H6/c1-4-10-6-5-8(2)7-9(10)3;1-4-6(3)5-2;4*1-2/h5-7H,4H2,1-3H3;4H,5H2,1-3H3;4*1-2H3/b;6-4+;;;;. The molecule has 0 unspecified atom stereocenters. The van der Waals surface area contributed by atoms with Crippen molar-refractivity contribution in [3.63, 3.8) is 0 Å². The first-order chi connectivity index (χ1) is 11.5. The normalized spacial score (nSPS) is 8.17. The van der Waals surface area contributed by atoms with Crippen LogP contribution in [0.25, 0.3) is 0 Å². The molecule has 1 rings (SSSR count). The molecule has 0 bridgehead atoms. The number of aryl methyl sites for hydroxylation is 3. The van der Waals surface area contributed by atoms with Crippen LogP contribution in [0.1, 0.15) is 106 Å². The molecule has 0 saturated heterocycles. The average Bonchev–Trinajstić information content (AvgIpc) is 2.68. The Morgan fingerprint density at radius 2 is 1.25 bits per heavy atom. The molecular formula is C24H50. The van der Waals surface area contributed by atoms with Crippen LogP contribution in [0.4, 0.5) is 0 Å². The van der Waals surface area contributed by atoms with Gasteiger partial charge < -0.3 is 0 Å². The third-order valence-electron chi connectivity index (χ3n) is 2.93. The number of hydrogen-bond donors (Lipinski definition) is 0. The lowest BCUT2D eigenvalue weighted by Gasteiger charge is -2.02. The molecule has 146 valence electrons. The fraction of sp³-hybridized carbons (Fsp3) is 0.667. The van der Waals surface area contributed by atoms with Crippen molar-refractivity contribution in [3.8, 4) is 0 Å². The van der Waals surface area contributed by atoms with Gasteiger partial charge >= 0.3 is 0 Å². The second kappa shape index (κ2) is 33.5. The number of rotatable bonds is 2. The molecule has 0 aromatic heterocycles. The zero-order chi connectivity index (χ0) is 20.6. The van der Waals surface area contributed by atoms with Gasteiger partial charge in [0.2, 0.25) is 0 Å². The lowest BCUT2D eigenvalue weighted by atomic mass is 10.0. The molecule has 0 atom stereocenters. The van der Waals surface area contributed by atoms with Crippen LogP contribution in [0, 0.1) is 13.8 Å². The lowest BCUT2D eigenvalue weighted by molar-refractivity contribution is 1.09. The molecule has 0 heterocycles. The van der Waals surface area contributed by atoms with Gasteiger partial charge in [0.05, 0.1) is 0 Å². The molecule has 1 aromatic rings. The molecule has 0 aliphatic heterocycles. The molecule has 24 heavy (non-hydrogen) atoms. The highest BCUT2D eigenvalue weighted by molar-refractivity contribution is 5.30. The average molecular weight is 339 g/mol. The summed E-state index contributed by atoms with van der Waals surface area (Å²) in [4.78, 5) is 0. The van der Waals surface area contributed by atoms with E-state index in [2.05, 4.69) is 65.8 Å². The monoisotopic (exact) mass is 338 g/mol. The first-order valence-corrected chi connectivity index (χ1v) is 10.2. The summed E-state index contributed by atoms with van der Waals surface area (Å²) in [5, 5.41) is 0. The van der Waals surface area contributed by atoms with E-state index in [4.69, 9.17) is 0 Å². The van der Waals surface area contributed by atoms with Crippen molar-refractivity contribution in [2.75, 3.05) is 0 Å². The Morgan fingerprint density at radius 3 is 1.46 bits per heavy atom. The van der Waals surface area contributed by atoms with E-state index in [0.29, 0.717) is 0 Å². The van der Waals surface area contributed by atoms with Crippen molar-refractivity contribution < 1.29 is 0 Å². The Kier molecular flexibility index (Phi) is 48.0. The van der Waals surface area contributed by atoms with Crippen molar-refractivity contribution in [2.45, 2.75) is 110 Å². The van der Waals surface area contributed by atoms with Gasteiger partial charge in [-0.15, -0.1) is 0 Å². The van der Waals surface area contributed by atoms with Gasteiger partial charge in [0.1, 0.15) is 0 Å². The first-order valence-electron chi connectivity index (χ1n) is 10.2. The zero-order valence-electron chi connectivity index (χ0n) is 19.7. The minimum Gasteiger partial charge on any atom is -0.0887 e. The van der Waals surface area contributed by atoms with Crippen LogP contribution >= 0.6 is 0 Å². The zero-order valence-corrected chi connectivity index (χ0v) is 19.7. The van der Waals surface area contributed by atoms with Crippen LogP contribution in [0.5, 0.6) is 0 Å². The van der Waals surface area contributed by atoms with Crippen molar-refractivity contribution in [1.29, 1.82) is 0 Å². The molecule has 0 spiro atoms. The molecular weight excluding hydrogens is 288 g/mol. The SMILES string of the molecule is C/C=C(\C)CC.CC.CC.CC.CC.CCc1ccc(C)cc1C. The van der Waals surface area contributed by atoms with Gasteiger partial charge in [-0.05, 0) is 51.7 Å². The van der Waals surface area contributed by atoms with E-state index in [0.717, 1.165) is 6.42 Å². The van der Waals surface area contributed by atoms with E-state index in [9.17, 15) is 0 Å². The maximum atomic E-state index is 2.23. The third kappa shape index (κ3) is 25.9. The number of allylic oxidation sites excluding steroid dienone is 2. The number of benzene rings is 1. The summed E-state index contributed by atoms with van der Waals surface area (Å²) in [6.45, 7) is 28.9. The molecule has 0 nitrogen and oxygen atoms in total. The van der Waals surface area contributed by atoms with Gasteiger partial charge in [-0.2, -0.15) is 0 Å². The van der Waals surface area contributed by atoms with Crippen LogP contribution in [0.15, 0.2) is 29.8 Å². The molecule has 0 saturated carbocycles. The van der Waals surface area contributed by atoms with Gasteiger partial charge in [0, 0.05) is 0 Å². The van der Waals surface area contributed by atoms with Gasteiger partial charge in [-0.1, -0.05) is 105 Å². The highest BCUT2D eigenvalue weighted by Gasteiger charge is 1.93. The van der Waals surface area contributed by atoms with Crippen molar-refractivity contribution in [3.05, 3.63) is 46.5 Å². The summed E-state index contributed by atoms with van der Waals surface area (Å²) in [5.74, 6) is 0. The highest BCUT2D eigenvalue weighted by Crippen LogP contribution is 2.10. The molecule has 0 N–H and O–H groups in total. The Morgan fingerprint density at radius 1 is 0.833 bits per heavy atom. The highest BCUT2D eigenvalue weighted by atomic mass is 14.0. The topological polar surface area (TPSA) is 0 Å². The first kappa shape index (κ1) is 34.3. The third-order valence-corrected chi connectivity index (χ3v) is 2.93. The molecule has 0 amide bonds. The Balaban J connectivity index is -0.0000000743. The minimum absolute atomic E-state index is 1.14. The van der Waals surface area contributed by atoms with Crippen LogP contribution in [0.2, 0.25) is 0 Å². The van der Waals surface area contributed by atoms with Crippen LogP contribution in [0.3, 0.4) is 0 Å². The summed E-state index contributed by atoms with van der Waals surface area (Å²) in [6, 6.07) is 6.62. The van der Waals surface area contributed by atoms with Gasteiger partial charge in [0.25, 0.3) is 0 Å². The van der Waals surface area contributed by atoms with Gasteiger partial charge in [0.15, 0.2) is 0 Å². The summed E-state index contributed by atoms with van der Waals surface area (Å²) in [7, 11) is 0. The Hall–Kier alpha value is -1.04. The minimum atomic E-state index is 1.14. The predicted molar refractivity (Wildman–Crippen MR) is 120 cm³/mol. The van der Waals surface area contributed by atoms with E-state index in [1.807, 2.05) is 55.4 Å². The summed E-state index contributed by atoms with van der Waals surface area (Å²) in [5.41, 5.74) is 5.71. The van der Waals surface area contributed by atoms with E-state index >= 15 is 0 Å². The van der Waals surface area contributed by atoms with Crippen molar-refractivity contribution in [1.82, 2.24) is 0 Å². The lowest BCUT2D eigenvalue weighted by Crippen LogP contribution is -1.85. The van der Waals surface area contributed by atoms with E-state index in [1.165, 1.54) is 28.7 Å². The second-order valence-corrected chi connectivity index (χ2v) is 4.27. The molecule has 0 aliphatic rings. The molecule has 0 heteroatoms. The van der Waals surface area contributed by atoms with E-state index < -0.39 is 0 Å². The maximum Gasteiger partial charge on any atom is -0.0305 e. The summed E-state index contributed by atoms with van der Waals surface area (Å²) in [6.07, 6.45) is 4.47. The number of hydrogen-bond acceptors (Lipinski definition) is 0. The van der Waals surface area contributed by atoms with Crippen LogP contribution in [-0.2, 0) is 6.42 Å². The Labute approximate surface area is 156 Å². The Bertz CT molecular complexity index is 332. The van der Waals surface area contributed by atoms with Crippen LogP contribution in [-0.4, -0.2) is 0 Å². The summed E-state index contributed by atoms with van der Waals surface area (Å²) < 4.78 is 0. The van der Waals surface area contributed by atoms with Crippen molar-refractivity contribution in [2.24, 2.45) is 0 Å². The molecule has 0 fully saturated rings. The van der Waals surface area contributed by atoms with E-state index in [-0.39, 0.29) is 0 Å². The van der Waals surface area contributed by atoms with E-state index in [1.54, 1.807) is 0 Å². The molecule has 1 aromatic carbocycles.